The summed E-state index contributed by atoms with van der Waals surface area (Å²) in [4.78, 5) is 4.90. The molecule has 0 N–H and O–H groups in total. The van der Waals surface area contributed by atoms with Crippen LogP contribution in [0.4, 0.5) is 5.69 Å². The molecule has 1 saturated carbocycles. The van der Waals surface area contributed by atoms with Crippen molar-refractivity contribution in [1.29, 1.82) is 0 Å². The highest BCUT2D eigenvalue weighted by atomic mass is 16.5. The van der Waals surface area contributed by atoms with E-state index >= 15 is 0 Å². The van der Waals surface area contributed by atoms with E-state index < -0.39 is 0 Å². The normalized spacial score (nSPS) is 18.6. The summed E-state index contributed by atoms with van der Waals surface area (Å²) in [6, 6.07) is 16.8. The van der Waals surface area contributed by atoms with Crippen LogP contribution < -0.4 is 14.4 Å². The molecular weight excluding hydrogens is 428 g/mol. The average Bonchev–Trinajstić information content (AvgIpc) is 3.39. The smallest absolute Gasteiger partial charge is 0.173 e. The van der Waals surface area contributed by atoms with Gasteiger partial charge in [0.05, 0.1) is 25.9 Å². The van der Waals surface area contributed by atoms with Gasteiger partial charge in [-0.15, -0.1) is 5.10 Å². The molecule has 8 heteroatoms. The standard InChI is InChI=1S/C26H34N6O2/c1-33-23-14-8-6-12-21(23)25(26-27-28-29-32(26)20-10-4-3-5-11-20)31-18-16-30(17-19-31)22-13-7-9-15-24(22)34-2/h6-9,12-15,20,25H,3-5,10-11,16-19H2,1-2H3/t25-/m1/s1. The van der Waals surface area contributed by atoms with Crippen LogP contribution in [0.15, 0.2) is 48.5 Å². The predicted octanol–water partition coefficient (Wildman–Crippen LogP) is 4.11. The van der Waals surface area contributed by atoms with Crippen LogP contribution in [0.2, 0.25) is 0 Å². The Kier molecular flexibility index (Phi) is 6.94. The number of rotatable bonds is 7. The number of methoxy groups -OCH3 is 2. The van der Waals surface area contributed by atoms with Gasteiger partial charge < -0.3 is 14.4 Å². The van der Waals surface area contributed by atoms with E-state index in [9.17, 15) is 0 Å². The molecule has 0 amide bonds. The minimum Gasteiger partial charge on any atom is -0.496 e. The van der Waals surface area contributed by atoms with Crippen LogP contribution in [-0.4, -0.2) is 65.5 Å². The lowest BCUT2D eigenvalue weighted by Crippen LogP contribution is -2.48. The third-order valence-corrected chi connectivity index (χ3v) is 7.22. The molecule has 5 rings (SSSR count). The molecule has 1 atom stereocenters. The van der Waals surface area contributed by atoms with Gasteiger partial charge in [0, 0.05) is 31.7 Å². The molecule has 0 radical (unpaired) electrons. The molecule has 0 spiro atoms. The fourth-order valence-electron chi connectivity index (χ4n) is 5.47. The van der Waals surface area contributed by atoms with Crippen LogP contribution in [0.25, 0.3) is 0 Å². The van der Waals surface area contributed by atoms with Gasteiger partial charge in [0.1, 0.15) is 17.5 Å². The highest BCUT2D eigenvalue weighted by Crippen LogP contribution is 2.38. The zero-order valence-electron chi connectivity index (χ0n) is 20.1. The van der Waals surface area contributed by atoms with Crippen molar-refractivity contribution in [3.63, 3.8) is 0 Å². The zero-order chi connectivity index (χ0) is 23.3. The van der Waals surface area contributed by atoms with Gasteiger partial charge in [0.25, 0.3) is 0 Å². The first kappa shape index (κ1) is 22.7. The summed E-state index contributed by atoms with van der Waals surface area (Å²) in [5.74, 6) is 2.71. The number of aromatic nitrogens is 4. The van der Waals surface area contributed by atoms with E-state index in [1.165, 1.54) is 19.3 Å². The summed E-state index contributed by atoms with van der Waals surface area (Å²) in [7, 11) is 3.47. The van der Waals surface area contributed by atoms with Gasteiger partial charge in [-0.1, -0.05) is 49.6 Å². The second-order valence-corrected chi connectivity index (χ2v) is 9.11. The summed E-state index contributed by atoms with van der Waals surface area (Å²) in [6.07, 6.45) is 6.05. The van der Waals surface area contributed by atoms with Gasteiger partial charge in [-0.3, -0.25) is 4.90 Å². The topological polar surface area (TPSA) is 68.5 Å². The van der Waals surface area contributed by atoms with Gasteiger partial charge in [-0.25, -0.2) is 4.68 Å². The largest absolute Gasteiger partial charge is 0.496 e. The van der Waals surface area contributed by atoms with E-state index in [-0.39, 0.29) is 6.04 Å². The van der Waals surface area contributed by atoms with Crippen molar-refractivity contribution in [2.75, 3.05) is 45.3 Å². The molecule has 0 bridgehead atoms. The number of anilines is 1. The minimum absolute atomic E-state index is 0.0621. The molecular formula is C26H34N6O2. The summed E-state index contributed by atoms with van der Waals surface area (Å²) in [6.45, 7) is 3.57. The van der Waals surface area contributed by atoms with E-state index in [0.717, 1.165) is 67.6 Å². The molecule has 2 fully saturated rings. The number of para-hydroxylation sites is 3. The van der Waals surface area contributed by atoms with Crippen LogP contribution in [0.1, 0.15) is 55.6 Å². The van der Waals surface area contributed by atoms with Crippen molar-refractivity contribution >= 4 is 5.69 Å². The minimum atomic E-state index is -0.0621. The van der Waals surface area contributed by atoms with E-state index in [0.29, 0.717) is 6.04 Å². The monoisotopic (exact) mass is 462 g/mol. The van der Waals surface area contributed by atoms with E-state index in [4.69, 9.17) is 9.47 Å². The first-order chi connectivity index (χ1) is 16.8. The fourth-order valence-corrected chi connectivity index (χ4v) is 5.47. The molecule has 34 heavy (non-hydrogen) atoms. The van der Waals surface area contributed by atoms with Gasteiger partial charge in [-0.05, 0) is 41.5 Å². The predicted molar refractivity (Wildman–Crippen MR) is 132 cm³/mol. The molecule has 2 aliphatic rings. The summed E-state index contributed by atoms with van der Waals surface area (Å²) in [5, 5.41) is 13.2. The molecule has 1 aliphatic carbocycles. The Morgan fingerprint density at radius 2 is 1.50 bits per heavy atom. The first-order valence-corrected chi connectivity index (χ1v) is 12.3. The number of ether oxygens (including phenoxy) is 2. The van der Waals surface area contributed by atoms with Gasteiger partial charge >= 0.3 is 0 Å². The molecule has 2 heterocycles. The number of hydrogen-bond acceptors (Lipinski definition) is 7. The van der Waals surface area contributed by atoms with Crippen LogP contribution in [0.3, 0.4) is 0 Å². The van der Waals surface area contributed by atoms with E-state index in [2.05, 4.69) is 54.3 Å². The maximum atomic E-state index is 5.79. The van der Waals surface area contributed by atoms with Crippen molar-refractivity contribution < 1.29 is 9.47 Å². The summed E-state index contributed by atoms with van der Waals surface area (Å²) < 4.78 is 13.5. The number of tetrazole rings is 1. The van der Waals surface area contributed by atoms with E-state index in [1.807, 2.05) is 24.3 Å². The second kappa shape index (κ2) is 10.4. The maximum Gasteiger partial charge on any atom is 0.173 e. The second-order valence-electron chi connectivity index (χ2n) is 9.11. The van der Waals surface area contributed by atoms with Crippen molar-refractivity contribution in [3.05, 3.63) is 59.9 Å². The maximum absolute atomic E-state index is 5.79. The molecule has 180 valence electrons. The van der Waals surface area contributed by atoms with Crippen LogP contribution in [-0.2, 0) is 0 Å². The lowest BCUT2D eigenvalue weighted by Gasteiger charge is -2.40. The Bertz CT molecular complexity index is 1070. The Balaban J connectivity index is 1.46. The Hall–Kier alpha value is -3.13. The van der Waals surface area contributed by atoms with Crippen molar-refractivity contribution in [2.24, 2.45) is 0 Å². The number of nitrogens with zero attached hydrogens (tertiary/aromatic N) is 6. The number of hydrogen-bond donors (Lipinski definition) is 0. The highest BCUT2D eigenvalue weighted by Gasteiger charge is 2.34. The van der Waals surface area contributed by atoms with E-state index in [1.54, 1.807) is 14.2 Å². The van der Waals surface area contributed by atoms with Crippen LogP contribution in [0.5, 0.6) is 11.5 Å². The fraction of sp³-hybridized carbons (Fsp3) is 0.500. The molecule has 3 aromatic rings. The third-order valence-electron chi connectivity index (χ3n) is 7.22. The van der Waals surface area contributed by atoms with Crippen molar-refractivity contribution in [2.45, 2.75) is 44.2 Å². The lowest BCUT2D eigenvalue weighted by molar-refractivity contribution is 0.190. The Labute approximate surface area is 201 Å². The van der Waals surface area contributed by atoms with Gasteiger partial charge in [0.2, 0.25) is 0 Å². The van der Waals surface area contributed by atoms with Crippen LogP contribution in [0, 0.1) is 0 Å². The summed E-state index contributed by atoms with van der Waals surface area (Å²) in [5.41, 5.74) is 2.26. The average molecular weight is 463 g/mol. The molecule has 2 aromatic carbocycles. The third kappa shape index (κ3) is 4.46. The Morgan fingerprint density at radius 3 is 2.24 bits per heavy atom. The van der Waals surface area contributed by atoms with Crippen molar-refractivity contribution in [1.82, 2.24) is 25.1 Å². The van der Waals surface area contributed by atoms with Gasteiger partial charge in [0.15, 0.2) is 5.82 Å². The number of piperazine rings is 1. The molecule has 0 unspecified atom stereocenters. The zero-order valence-corrected chi connectivity index (χ0v) is 20.1. The quantitative estimate of drug-likeness (QED) is 0.523. The lowest BCUT2D eigenvalue weighted by atomic mass is 9.95. The van der Waals surface area contributed by atoms with Gasteiger partial charge in [-0.2, -0.15) is 0 Å². The van der Waals surface area contributed by atoms with Crippen LogP contribution >= 0.6 is 0 Å². The highest BCUT2D eigenvalue weighted by molar-refractivity contribution is 5.58. The van der Waals surface area contributed by atoms with Crippen molar-refractivity contribution in [3.8, 4) is 11.5 Å². The molecule has 1 aliphatic heterocycles. The molecule has 1 aromatic heterocycles. The number of benzene rings is 2. The molecule has 8 nitrogen and oxygen atoms in total. The molecule has 1 saturated heterocycles. The first-order valence-electron chi connectivity index (χ1n) is 12.3. The Morgan fingerprint density at radius 1 is 0.824 bits per heavy atom. The summed E-state index contributed by atoms with van der Waals surface area (Å²) >= 11 is 0. The SMILES string of the molecule is COc1ccccc1[C@H](c1nnnn1C1CCCCC1)N1CCN(c2ccccc2OC)CC1.